The lowest BCUT2D eigenvalue weighted by Gasteiger charge is -2.39. The van der Waals surface area contributed by atoms with E-state index in [0.717, 1.165) is 32.2 Å². The van der Waals surface area contributed by atoms with Gasteiger partial charge in [-0.05, 0) is 39.0 Å². The van der Waals surface area contributed by atoms with Crippen LogP contribution in [0.4, 0.5) is 0 Å². The molecule has 2 fully saturated rings. The molecule has 1 atom stereocenters. The van der Waals surface area contributed by atoms with Crippen molar-refractivity contribution < 1.29 is 10.0 Å². The molecule has 3 N–H and O–H groups in total. The van der Waals surface area contributed by atoms with Gasteiger partial charge in [-0.1, -0.05) is 18.0 Å². The molecule has 5 heteroatoms. The lowest BCUT2D eigenvalue weighted by molar-refractivity contribution is -0.141. The highest BCUT2D eigenvalue weighted by atomic mass is 16.4. The maximum Gasteiger partial charge on any atom is 0.236 e. The third-order valence-corrected chi connectivity index (χ3v) is 4.53. The van der Waals surface area contributed by atoms with Crippen LogP contribution in [0.5, 0.6) is 0 Å². The highest BCUT2D eigenvalue weighted by Gasteiger charge is 2.48. The highest BCUT2D eigenvalue weighted by Crippen LogP contribution is 2.41. The van der Waals surface area contributed by atoms with Crippen LogP contribution in [0.15, 0.2) is 5.16 Å². The fourth-order valence-corrected chi connectivity index (χ4v) is 3.33. The molecule has 102 valence electrons. The van der Waals surface area contributed by atoms with Crippen LogP contribution in [0.25, 0.3) is 0 Å². The summed E-state index contributed by atoms with van der Waals surface area (Å²) in [6, 6.07) is 0.273. The summed E-state index contributed by atoms with van der Waals surface area (Å²) in [4.78, 5) is 14.7. The summed E-state index contributed by atoms with van der Waals surface area (Å²) in [5, 5.41) is 12.1. The van der Waals surface area contributed by atoms with E-state index in [1.165, 1.54) is 6.42 Å². The number of nitrogens with zero attached hydrogens (tertiary/aromatic N) is 2. The molecule has 0 aromatic heterocycles. The van der Waals surface area contributed by atoms with Crippen molar-refractivity contribution in [2.75, 3.05) is 6.54 Å². The second-order valence-corrected chi connectivity index (χ2v) is 5.62. The lowest BCUT2D eigenvalue weighted by Crippen LogP contribution is -2.53. The van der Waals surface area contributed by atoms with Gasteiger partial charge in [0, 0.05) is 12.6 Å². The number of hydrogen-bond donors (Lipinski definition) is 2. The summed E-state index contributed by atoms with van der Waals surface area (Å²) >= 11 is 0. The number of amidine groups is 1. The molecule has 0 radical (unpaired) electrons. The van der Waals surface area contributed by atoms with Crippen molar-refractivity contribution in [1.82, 2.24) is 4.90 Å². The second kappa shape index (κ2) is 5.16. The van der Waals surface area contributed by atoms with E-state index in [4.69, 9.17) is 10.9 Å². The van der Waals surface area contributed by atoms with Crippen LogP contribution in [-0.4, -0.2) is 34.4 Å². The summed E-state index contributed by atoms with van der Waals surface area (Å²) in [6.07, 6.45) is 6.67. The number of oxime groups is 1. The Bertz CT molecular complexity index is 348. The minimum absolute atomic E-state index is 0.0718. The zero-order valence-electron chi connectivity index (χ0n) is 11.1. The van der Waals surface area contributed by atoms with Crippen molar-refractivity contribution >= 4 is 11.7 Å². The summed E-state index contributed by atoms with van der Waals surface area (Å²) in [5.41, 5.74) is 5.08. The summed E-state index contributed by atoms with van der Waals surface area (Å²) in [7, 11) is 0. The number of hydrogen-bond acceptors (Lipinski definition) is 3. The SMILES string of the molecule is CC1CCCCN1C(=O)C1(C(N)=NO)CCCC1. The van der Waals surface area contributed by atoms with Gasteiger partial charge in [-0.25, -0.2) is 0 Å². The first kappa shape index (κ1) is 13.2. The second-order valence-electron chi connectivity index (χ2n) is 5.62. The number of nitrogens with two attached hydrogens (primary N) is 1. The molecule has 1 aliphatic carbocycles. The zero-order valence-corrected chi connectivity index (χ0v) is 11.1. The van der Waals surface area contributed by atoms with E-state index in [2.05, 4.69) is 12.1 Å². The molecule has 1 saturated heterocycles. The van der Waals surface area contributed by atoms with Crippen LogP contribution >= 0.6 is 0 Å². The Kier molecular flexibility index (Phi) is 3.78. The van der Waals surface area contributed by atoms with Gasteiger partial charge in [-0.15, -0.1) is 0 Å². The number of amides is 1. The van der Waals surface area contributed by atoms with E-state index in [1.54, 1.807) is 0 Å². The van der Waals surface area contributed by atoms with Crippen molar-refractivity contribution in [2.24, 2.45) is 16.3 Å². The van der Waals surface area contributed by atoms with Crippen molar-refractivity contribution in [3.05, 3.63) is 0 Å². The van der Waals surface area contributed by atoms with E-state index in [1.807, 2.05) is 4.90 Å². The minimum atomic E-state index is -0.736. The predicted octanol–water partition coefficient (Wildman–Crippen LogP) is 1.69. The minimum Gasteiger partial charge on any atom is -0.409 e. The monoisotopic (exact) mass is 253 g/mol. The predicted molar refractivity (Wildman–Crippen MR) is 69.3 cm³/mol. The van der Waals surface area contributed by atoms with Gasteiger partial charge in [0.1, 0.15) is 5.41 Å². The van der Waals surface area contributed by atoms with Crippen LogP contribution in [0, 0.1) is 5.41 Å². The third-order valence-electron chi connectivity index (χ3n) is 4.53. The number of carbonyl (C=O) groups is 1. The Labute approximate surface area is 108 Å². The molecule has 5 nitrogen and oxygen atoms in total. The van der Waals surface area contributed by atoms with Crippen LogP contribution in [-0.2, 0) is 4.79 Å². The number of carbonyl (C=O) groups excluding carboxylic acids is 1. The summed E-state index contributed by atoms with van der Waals surface area (Å²) < 4.78 is 0. The fourth-order valence-electron chi connectivity index (χ4n) is 3.33. The van der Waals surface area contributed by atoms with Gasteiger partial charge in [0.15, 0.2) is 5.84 Å². The Morgan fingerprint density at radius 1 is 1.33 bits per heavy atom. The Morgan fingerprint density at radius 3 is 2.56 bits per heavy atom. The van der Waals surface area contributed by atoms with Gasteiger partial charge in [-0.3, -0.25) is 4.79 Å². The van der Waals surface area contributed by atoms with E-state index in [-0.39, 0.29) is 17.8 Å². The molecule has 0 aromatic carbocycles. The quantitative estimate of drug-likeness (QED) is 0.340. The average Bonchev–Trinajstić information content (AvgIpc) is 2.88. The maximum atomic E-state index is 12.8. The molecular formula is C13H23N3O2. The van der Waals surface area contributed by atoms with Gasteiger partial charge < -0.3 is 15.8 Å². The molecule has 1 heterocycles. The highest BCUT2D eigenvalue weighted by molar-refractivity contribution is 6.07. The van der Waals surface area contributed by atoms with Crippen LogP contribution in [0.2, 0.25) is 0 Å². The topological polar surface area (TPSA) is 78.9 Å². The van der Waals surface area contributed by atoms with Crippen LogP contribution in [0.1, 0.15) is 51.9 Å². The van der Waals surface area contributed by atoms with Gasteiger partial charge in [0.05, 0.1) is 0 Å². The van der Waals surface area contributed by atoms with Crippen LogP contribution in [0.3, 0.4) is 0 Å². The number of rotatable bonds is 2. The van der Waals surface area contributed by atoms with E-state index in [0.29, 0.717) is 12.8 Å². The zero-order chi connectivity index (χ0) is 13.2. The summed E-state index contributed by atoms with van der Waals surface area (Å²) in [5.74, 6) is 0.172. The first-order chi connectivity index (χ1) is 8.62. The Balaban J connectivity index is 2.23. The van der Waals surface area contributed by atoms with Crippen molar-refractivity contribution in [2.45, 2.75) is 57.9 Å². The smallest absolute Gasteiger partial charge is 0.236 e. The molecule has 0 aromatic rings. The number of likely N-dealkylation sites (tertiary alicyclic amines) is 1. The molecule has 0 bridgehead atoms. The normalized spacial score (nSPS) is 28.4. The first-order valence-electron chi connectivity index (χ1n) is 6.91. The summed E-state index contributed by atoms with van der Waals surface area (Å²) in [6.45, 7) is 2.90. The molecule has 1 unspecified atom stereocenters. The van der Waals surface area contributed by atoms with Crippen molar-refractivity contribution in [3.63, 3.8) is 0 Å². The van der Waals surface area contributed by atoms with Crippen molar-refractivity contribution in [1.29, 1.82) is 0 Å². The Hall–Kier alpha value is -1.26. The molecule has 1 amide bonds. The van der Waals surface area contributed by atoms with Gasteiger partial charge in [0.25, 0.3) is 0 Å². The van der Waals surface area contributed by atoms with E-state index >= 15 is 0 Å². The first-order valence-corrected chi connectivity index (χ1v) is 6.91. The van der Waals surface area contributed by atoms with Gasteiger partial charge >= 0.3 is 0 Å². The number of piperidine rings is 1. The van der Waals surface area contributed by atoms with Gasteiger partial charge in [-0.2, -0.15) is 0 Å². The van der Waals surface area contributed by atoms with E-state index < -0.39 is 5.41 Å². The maximum absolute atomic E-state index is 12.8. The largest absolute Gasteiger partial charge is 0.409 e. The molecule has 2 aliphatic rings. The molecule has 1 saturated carbocycles. The molecular weight excluding hydrogens is 230 g/mol. The Morgan fingerprint density at radius 2 is 2.00 bits per heavy atom. The average molecular weight is 253 g/mol. The third kappa shape index (κ3) is 2.06. The van der Waals surface area contributed by atoms with E-state index in [9.17, 15) is 4.79 Å². The molecule has 18 heavy (non-hydrogen) atoms. The fraction of sp³-hybridized carbons (Fsp3) is 0.846. The molecule has 0 spiro atoms. The van der Waals surface area contributed by atoms with Gasteiger partial charge in [0.2, 0.25) is 5.91 Å². The molecule has 1 aliphatic heterocycles. The van der Waals surface area contributed by atoms with Crippen LogP contribution < -0.4 is 5.73 Å². The lowest BCUT2D eigenvalue weighted by atomic mass is 9.82. The standard InChI is InChI=1S/C13H23N3O2/c1-10-6-2-5-9-16(10)12(17)13(11(14)15-18)7-3-4-8-13/h10,18H,2-9H2,1H3,(H2,14,15). The van der Waals surface area contributed by atoms with Crippen molar-refractivity contribution in [3.8, 4) is 0 Å². The molecule has 2 rings (SSSR count).